The molecular formula is C31H33O3P. The van der Waals surface area contributed by atoms with Gasteiger partial charge in [-0.25, -0.2) is 0 Å². The van der Waals surface area contributed by atoms with Crippen molar-refractivity contribution in [3.63, 3.8) is 0 Å². The maximum atomic E-state index is 10.9. The van der Waals surface area contributed by atoms with Crippen LogP contribution < -0.4 is 15.9 Å². The molecule has 0 saturated carbocycles. The molecule has 0 aliphatic carbocycles. The van der Waals surface area contributed by atoms with Gasteiger partial charge in [0.05, 0.1) is 0 Å². The van der Waals surface area contributed by atoms with Gasteiger partial charge in [-0.15, -0.1) is 0 Å². The van der Waals surface area contributed by atoms with Gasteiger partial charge in [0.1, 0.15) is 0 Å². The van der Waals surface area contributed by atoms with Crippen LogP contribution >= 0.6 is 7.26 Å². The van der Waals surface area contributed by atoms with Gasteiger partial charge in [0.2, 0.25) is 0 Å². The van der Waals surface area contributed by atoms with Crippen LogP contribution in [0, 0.1) is 0 Å². The fraction of sp³-hybridized carbons (Fsp3) is 0.194. The molecule has 0 heterocycles. The molecule has 0 saturated heterocycles. The summed E-state index contributed by atoms with van der Waals surface area (Å²) in [6.07, 6.45) is 3.13. The van der Waals surface area contributed by atoms with E-state index in [1.54, 1.807) is 12.1 Å². The van der Waals surface area contributed by atoms with Crippen LogP contribution in [0.1, 0.15) is 36.5 Å². The van der Waals surface area contributed by atoms with Crippen molar-refractivity contribution in [3.8, 4) is 0 Å². The number of hydrogen-bond donors (Lipinski definition) is 2. The third-order valence-corrected chi connectivity index (χ3v) is 11.9. The quantitative estimate of drug-likeness (QED) is 0.226. The number of carboxylic acid groups (broad SMARTS) is 1. The average molecular weight is 485 g/mol. The number of benzene rings is 4. The number of hydrogen-bond acceptors (Lipinski definition) is 2. The number of aliphatic carboxylic acids is 1. The summed E-state index contributed by atoms with van der Waals surface area (Å²) in [7, 11) is -2.24. The van der Waals surface area contributed by atoms with Crippen LogP contribution in [0.3, 0.4) is 0 Å². The first kappa shape index (κ1) is 24.9. The molecule has 4 rings (SSSR count). The molecule has 4 heteroatoms. The van der Waals surface area contributed by atoms with Crippen LogP contribution in [0.15, 0.2) is 115 Å². The van der Waals surface area contributed by atoms with Crippen LogP contribution in [0.25, 0.3) is 0 Å². The van der Waals surface area contributed by atoms with E-state index in [9.17, 15) is 9.90 Å². The molecule has 0 amide bonds. The van der Waals surface area contributed by atoms with Crippen molar-refractivity contribution in [3.05, 3.63) is 126 Å². The Balaban J connectivity index is 1.53. The molecule has 1 unspecified atom stereocenters. The molecule has 0 aliphatic rings. The zero-order chi connectivity index (χ0) is 24.5. The Morgan fingerprint density at radius 1 is 0.657 bits per heavy atom. The first-order valence-corrected chi connectivity index (χ1v) is 14.5. The molecule has 4 aromatic carbocycles. The third-order valence-electron chi connectivity index (χ3n) is 6.80. The molecular weight excluding hydrogens is 451 g/mol. The summed E-state index contributed by atoms with van der Waals surface area (Å²) in [6.45, 7) is 0. The minimum absolute atomic E-state index is 0.00153. The Hall–Kier alpha value is -3.26. The van der Waals surface area contributed by atoms with Crippen LogP contribution in [-0.2, 0) is 11.2 Å². The van der Waals surface area contributed by atoms with Crippen molar-refractivity contribution in [2.45, 2.75) is 31.8 Å². The number of carboxylic acids is 1. The van der Waals surface area contributed by atoms with E-state index in [1.165, 1.54) is 15.9 Å². The predicted octanol–water partition coefficient (Wildman–Crippen LogP) is 5.24. The summed E-state index contributed by atoms with van der Waals surface area (Å²) in [5.74, 6) is -0.846. The molecule has 0 bridgehead atoms. The molecule has 180 valence electrons. The average Bonchev–Trinajstić information content (AvgIpc) is 2.90. The molecule has 3 nitrogen and oxygen atoms in total. The maximum absolute atomic E-state index is 10.9. The van der Waals surface area contributed by atoms with E-state index in [4.69, 9.17) is 5.11 Å². The second kappa shape index (κ2) is 11.9. The Kier molecular flexibility index (Phi) is 8.47. The first-order chi connectivity index (χ1) is 17.1. The third kappa shape index (κ3) is 6.06. The first-order valence-electron chi connectivity index (χ1n) is 12.2. The minimum atomic E-state index is -2.24. The molecule has 0 spiro atoms. The monoisotopic (exact) mass is 484 g/mol. The van der Waals surface area contributed by atoms with Gasteiger partial charge in [0.25, 0.3) is 0 Å². The predicted molar refractivity (Wildman–Crippen MR) is 148 cm³/mol. The van der Waals surface area contributed by atoms with Gasteiger partial charge >= 0.3 is 208 Å². The van der Waals surface area contributed by atoms with Crippen LogP contribution in [0.5, 0.6) is 0 Å². The van der Waals surface area contributed by atoms with Gasteiger partial charge in [-0.1, -0.05) is 0 Å². The van der Waals surface area contributed by atoms with E-state index in [1.807, 2.05) is 12.1 Å². The SMILES string of the molecule is O=C(O)Cc1ccc(C(O)CCCC[PH](c2ccccc2)(c2ccccc2)c2ccccc2)cc1. The molecule has 1 atom stereocenters. The van der Waals surface area contributed by atoms with E-state index >= 15 is 0 Å². The Labute approximate surface area is 208 Å². The van der Waals surface area contributed by atoms with E-state index in [0.717, 1.165) is 30.1 Å². The Morgan fingerprint density at radius 3 is 1.54 bits per heavy atom. The summed E-state index contributed by atoms with van der Waals surface area (Å²) in [6, 6.07) is 40.0. The molecule has 35 heavy (non-hydrogen) atoms. The van der Waals surface area contributed by atoms with Gasteiger partial charge in [0, 0.05) is 0 Å². The number of unbranched alkanes of at least 4 members (excludes halogenated alkanes) is 1. The van der Waals surface area contributed by atoms with Gasteiger partial charge < -0.3 is 0 Å². The molecule has 0 radical (unpaired) electrons. The summed E-state index contributed by atoms with van der Waals surface area (Å²) in [4.78, 5) is 10.9. The van der Waals surface area contributed by atoms with E-state index in [0.29, 0.717) is 6.42 Å². The zero-order valence-corrected chi connectivity index (χ0v) is 20.9. The van der Waals surface area contributed by atoms with E-state index in [2.05, 4.69) is 91.0 Å². The molecule has 2 N–H and O–H groups in total. The number of aliphatic hydroxyl groups excluding tert-OH is 1. The Morgan fingerprint density at radius 2 is 1.11 bits per heavy atom. The Bertz CT molecular complexity index is 1100. The van der Waals surface area contributed by atoms with Crippen molar-refractivity contribution in [2.24, 2.45) is 0 Å². The summed E-state index contributed by atoms with van der Waals surface area (Å²) in [5, 5.41) is 24.0. The standard InChI is InChI=1S/C31H33O3P/c32-30(26-21-19-25(20-22-26)24-31(33)34)18-10-11-23-35(27-12-4-1-5-13-27,28-14-6-2-7-15-28)29-16-8-3-9-17-29/h1-9,12-17,19-22,30,32,35H,10-11,18,23-24H2,(H,33,34). The fourth-order valence-corrected chi connectivity index (χ4v) is 9.96. The number of aliphatic hydroxyl groups is 1. The van der Waals surface area contributed by atoms with Crippen molar-refractivity contribution in [1.29, 1.82) is 0 Å². The summed E-state index contributed by atoms with van der Waals surface area (Å²) >= 11 is 0. The molecule has 4 aromatic rings. The van der Waals surface area contributed by atoms with Crippen molar-refractivity contribution in [2.75, 3.05) is 6.16 Å². The normalized spacial score (nSPS) is 12.7. The zero-order valence-electron chi connectivity index (χ0n) is 19.9. The topological polar surface area (TPSA) is 57.5 Å². The van der Waals surface area contributed by atoms with Crippen LogP contribution in [0.4, 0.5) is 0 Å². The fourth-order valence-electron chi connectivity index (χ4n) is 5.03. The van der Waals surface area contributed by atoms with E-state index < -0.39 is 19.3 Å². The number of rotatable bonds is 11. The molecule has 0 aliphatic heterocycles. The van der Waals surface area contributed by atoms with Gasteiger partial charge in [-0.05, 0) is 0 Å². The summed E-state index contributed by atoms with van der Waals surface area (Å²) in [5.41, 5.74) is 1.59. The second-order valence-corrected chi connectivity index (χ2v) is 13.1. The van der Waals surface area contributed by atoms with Gasteiger partial charge in [-0.2, -0.15) is 0 Å². The molecule has 0 fully saturated rings. The van der Waals surface area contributed by atoms with Crippen molar-refractivity contribution in [1.82, 2.24) is 0 Å². The van der Waals surface area contributed by atoms with Crippen molar-refractivity contribution < 1.29 is 15.0 Å². The molecule has 0 aromatic heterocycles. The van der Waals surface area contributed by atoms with Gasteiger partial charge in [0.15, 0.2) is 0 Å². The van der Waals surface area contributed by atoms with Crippen LogP contribution in [-0.4, -0.2) is 22.3 Å². The van der Waals surface area contributed by atoms with Crippen molar-refractivity contribution >= 4 is 29.1 Å². The second-order valence-electron chi connectivity index (χ2n) is 9.08. The van der Waals surface area contributed by atoms with Crippen LogP contribution in [0.2, 0.25) is 0 Å². The van der Waals surface area contributed by atoms with Gasteiger partial charge in [-0.3, -0.25) is 0 Å². The number of carbonyl (C=O) groups is 1. The van der Waals surface area contributed by atoms with E-state index in [-0.39, 0.29) is 6.42 Å². The summed E-state index contributed by atoms with van der Waals surface area (Å²) < 4.78 is 0.